The molecule has 5 rings (SSSR count). The van der Waals surface area contributed by atoms with Gasteiger partial charge in [-0.1, -0.05) is 24.3 Å². The van der Waals surface area contributed by atoms with Gasteiger partial charge < -0.3 is 0 Å². The molecule has 5 aromatic heterocycles. The number of pyridine rings is 2. The summed E-state index contributed by atoms with van der Waals surface area (Å²) in [6.45, 7) is 0. The van der Waals surface area contributed by atoms with Gasteiger partial charge in [-0.15, -0.1) is 34.0 Å². The van der Waals surface area contributed by atoms with Gasteiger partial charge in [-0.3, -0.25) is 0 Å². The van der Waals surface area contributed by atoms with Gasteiger partial charge in [-0.05, 0) is 59.3 Å². The smallest absolute Gasteiger partial charge is 0.0809 e. The minimum atomic E-state index is 1.01. The molecule has 0 atom stereocenters. The molecule has 0 unspecified atom stereocenters. The van der Waals surface area contributed by atoms with E-state index >= 15 is 0 Å². The summed E-state index contributed by atoms with van der Waals surface area (Å²) in [5, 5.41) is 4.17. The van der Waals surface area contributed by atoms with Crippen molar-refractivity contribution >= 4 is 34.0 Å². The van der Waals surface area contributed by atoms with Crippen LogP contribution in [0.15, 0.2) is 83.6 Å². The van der Waals surface area contributed by atoms with E-state index in [0.717, 1.165) is 32.5 Å². The first kappa shape index (κ1) is 16.6. The van der Waals surface area contributed by atoms with Crippen molar-refractivity contribution in [2.45, 2.75) is 0 Å². The Hall–Kier alpha value is -2.60. The number of rotatable bonds is 4. The second-order valence-corrected chi connectivity index (χ2v) is 8.91. The summed E-state index contributed by atoms with van der Waals surface area (Å²) in [4.78, 5) is 14.4. The van der Waals surface area contributed by atoms with Crippen LogP contribution in [0, 0.1) is 0 Å². The van der Waals surface area contributed by atoms with E-state index < -0.39 is 0 Å². The van der Waals surface area contributed by atoms with Crippen molar-refractivity contribution in [3.05, 3.63) is 83.6 Å². The van der Waals surface area contributed by atoms with Gasteiger partial charge in [0.05, 0.1) is 42.3 Å². The fraction of sp³-hybridized carbons (Fsp3) is 0. The monoisotopic (exact) mass is 402 g/mol. The van der Waals surface area contributed by atoms with Gasteiger partial charge in [0.2, 0.25) is 0 Å². The average Bonchev–Trinajstić information content (AvgIpc) is 3.51. The Morgan fingerprint density at radius 3 is 1.30 bits per heavy atom. The van der Waals surface area contributed by atoms with Crippen LogP contribution in [0.5, 0.6) is 0 Å². The lowest BCUT2D eigenvalue weighted by Gasteiger charge is -2.02. The third kappa shape index (κ3) is 3.37. The summed E-state index contributed by atoms with van der Waals surface area (Å²) in [5.74, 6) is 0. The van der Waals surface area contributed by atoms with Crippen LogP contribution in [0.3, 0.4) is 0 Å². The third-order valence-electron chi connectivity index (χ3n) is 4.16. The van der Waals surface area contributed by atoms with Crippen molar-refractivity contribution in [2.24, 2.45) is 0 Å². The summed E-state index contributed by atoms with van der Waals surface area (Å²) >= 11 is 5.16. The van der Waals surface area contributed by atoms with Crippen LogP contribution in [0.2, 0.25) is 0 Å². The lowest BCUT2D eigenvalue weighted by atomic mass is 10.2. The van der Waals surface area contributed by atoms with Crippen molar-refractivity contribution < 1.29 is 0 Å². The van der Waals surface area contributed by atoms with Crippen molar-refractivity contribution in [3.63, 3.8) is 0 Å². The molecule has 0 aromatic carbocycles. The van der Waals surface area contributed by atoms with Gasteiger partial charge in [0.25, 0.3) is 0 Å². The SMILES string of the molecule is c1cc(-c2cccs2)nc(-c2ccc(-c3cccc(-c4cccs4)n3)s2)c1. The van der Waals surface area contributed by atoms with Gasteiger partial charge in [0, 0.05) is 0 Å². The van der Waals surface area contributed by atoms with Crippen molar-refractivity contribution in [2.75, 3.05) is 0 Å². The van der Waals surface area contributed by atoms with Crippen LogP contribution in [-0.4, -0.2) is 9.97 Å². The van der Waals surface area contributed by atoms with Crippen LogP contribution in [0.25, 0.3) is 42.3 Å². The van der Waals surface area contributed by atoms with E-state index in [1.165, 1.54) is 9.75 Å². The average molecular weight is 403 g/mol. The fourth-order valence-electron chi connectivity index (χ4n) is 2.88. The number of hydrogen-bond acceptors (Lipinski definition) is 5. The molecule has 0 fully saturated rings. The molecule has 0 aliphatic carbocycles. The molecule has 0 saturated carbocycles. The molecule has 27 heavy (non-hydrogen) atoms. The van der Waals surface area contributed by atoms with Gasteiger partial charge in [0.15, 0.2) is 0 Å². The number of hydrogen-bond donors (Lipinski definition) is 0. The summed E-state index contributed by atoms with van der Waals surface area (Å²) in [6.07, 6.45) is 0. The topological polar surface area (TPSA) is 25.8 Å². The predicted octanol–water partition coefficient (Wildman–Crippen LogP) is 7.33. The minimum Gasteiger partial charge on any atom is -0.246 e. The lowest BCUT2D eigenvalue weighted by Crippen LogP contribution is -1.84. The van der Waals surface area contributed by atoms with Gasteiger partial charge in [-0.2, -0.15) is 0 Å². The minimum absolute atomic E-state index is 1.01. The maximum absolute atomic E-state index is 4.85. The molecule has 0 saturated heterocycles. The van der Waals surface area contributed by atoms with Crippen LogP contribution >= 0.6 is 34.0 Å². The first-order valence-corrected chi connectivity index (χ1v) is 11.1. The molecule has 0 spiro atoms. The first-order valence-electron chi connectivity index (χ1n) is 8.49. The number of thiophene rings is 3. The Balaban J connectivity index is 1.49. The second-order valence-electron chi connectivity index (χ2n) is 5.93. The molecule has 130 valence electrons. The standard InChI is InChI=1S/C22H14N2S3/c1-5-15(19-9-3-13-25-19)23-17(7-1)21-11-12-22(27-21)18-8-2-6-16(24-18)20-10-4-14-26-20/h1-14H. The molecule has 0 radical (unpaired) electrons. The molecule has 5 heterocycles. The Kier molecular flexibility index (Phi) is 4.41. The maximum atomic E-state index is 4.85. The normalized spacial score (nSPS) is 11.0. The molecule has 0 N–H and O–H groups in total. The Morgan fingerprint density at radius 1 is 0.444 bits per heavy atom. The third-order valence-corrected chi connectivity index (χ3v) is 7.07. The first-order chi connectivity index (χ1) is 13.4. The molecule has 0 amide bonds. The Bertz CT molecular complexity index is 1080. The summed E-state index contributed by atoms with van der Waals surface area (Å²) in [7, 11) is 0. The molecule has 0 aliphatic rings. The molecule has 2 nitrogen and oxygen atoms in total. The van der Waals surface area contributed by atoms with Crippen LogP contribution in [0.4, 0.5) is 0 Å². The van der Waals surface area contributed by atoms with E-state index in [9.17, 15) is 0 Å². The van der Waals surface area contributed by atoms with Crippen LogP contribution in [-0.2, 0) is 0 Å². The molecular weight excluding hydrogens is 388 g/mol. The van der Waals surface area contributed by atoms with Crippen LogP contribution in [0.1, 0.15) is 0 Å². The van der Waals surface area contributed by atoms with Crippen LogP contribution < -0.4 is 0 Å². The zero-order valence-corrected chi connectivity index (χ0v) is 16.7. The van der Waals surface area contributed by atoms with Gasteiger partial charge >= 0.3 is 0 Å². The predicted molar refractivity (Wildman–Crippen MR) is 117 cm³/mol. The quantitative estimate of drug-likeness (QED) is 0.314. The highest BCUT2D eigenvalue weighted by Crippen LogP contribution is 2.35. The molecule has 5 heteroatoms. The zero-order chi connectivity index (χ0) is 18.1. The lowest BCUT2D eigenvalue weighted by molar-refractivity contribution is 1.35. The van der Waals surface area contributed by atoms with Crippen molar-refractivity contribution in [1.82, 2.24) is 9.97 Å². The molecular formula is C22H14N2S3. The summed E-state index contributed by atoms with van der Waals surface area (Å²) in [5.41, 5.74) is 4.06. The Morgan fingerprint density at radius 2 is 0.889 bits per heavy atom. The summed E-state index contributed by atoms with van der Waals surface area (Å²) < 4.78 is 0. The zero-order valence-electron chi connectivity index (χ0n) is 14.2. The number of nitrogens with zero attached hydrogens (tertiary/aromatic N) is 2. The number of aromatic nitrogens is 2. The van der Waals surface area contributed by atoms with Gasteiger partial charge in [0.1, 0.15) is 0 Å². The van der Waals surface area contributed by atoms with E-state index in [2.05, 4.69) is 83.6 Å². The van der Waals surface area contributed by atoms with E-state index in [1.807, 2.05) is 0 Å². The highest BCUT2D eigenvalue weighted by molar-refractivity contribution is 7.18. The molecule has 5 aromatic rings. The fourth-order valence-corrected chi connectivity index (χ4v) is 5.22. The van der Waals surface area contributed by atoms with Gasteiger partial charge in [-0.25, -0.2) is 9.97 Å². The van der Waals surface area contributed by atoms with Crippen molar-refractivity contribution in [1.29, 1.82) is 0 Å². The highest BCUT2D eigenvalue weighted by atomic mass is 32.1. The maximum Gasteiger partial charge on any atom is 0.0809 e. The highest BCUT2D eigenvalue weighted by Gasteiger charge is 2.10. The van der Waals surface area contributed by atoms with E-state index in [4.69, 9.17) is 9.97 Å². The second kappa shape index (κ2) is 7.19. The molecule has 0 aliphatic heterocycles. The largest absolute Gasteiger partial charge is 0.246 e. The molecule has 0 bridgehead atoms. The van der Waals surface area contributed by atoms with E-state index in [1.54, 1.807) is 34.0 Å². The van der Waals surface area contributed by atoms with Crippen molar-refractivity contribution in [3.8, 4) is 42.3 Å². The van der Waals surface area contributed by atoms with E-state index in [-0.39, 0.29) is 0 Å². The Labute approximate surface area is 169 Å². The summed E-state index contributed by atoms with van der Waals surface area (Å²) in [6, 6.07) is 25.0. The van der Waals surface area contributed by atoms with E-state index in [0.29, 0.717) is 0 Å².